The van der Waals surface area contributed by atoms with Gasteiger partial charge >= 0.3 is 0 Å². The molecule has 0 aromatic carbocycles. The van der Waals surface area contributed by atoms with Crippen LogP contribution in [-0.4, -0.2) is 11.5 Å². The highest BCUT2D eigenvalue weighted by atomic mass is 32.1. The van der Waals surface area contributed by atoms with E-state index >= 15 is 0 Å². The summed E-state index contributed by atoms with van der Waals surface area (Å²) < 4.78 is 0. The Morgan fingerprint density at radius 1 is 1.39 bits per heavy atom. The molecule has 1 aliphatic carbocycles. The molecule has 0 bridgehead atoms. The molecule has 0 spiro atoms. The Hall–Kier alpha value is -0.410. The number of rotatable bonds is 6. The number of hydrogen-bond donors (Lipinski definition) is 1. The molecule has 102 valence electrons. The van der Waals surface area contributed by atoms with Gasteiger partial charge in [0.2, 0.25) is 0 Å². The Bertz CT molecular complexity index is 378. The first-order valence-electron chi connectivity index (χ1n) is 7.35. The molecule has 3 heteroatoms. The molecule has 1 aromatic rings. The van der Waals surface area contributed by atoms with Crippen molar-refractivity contribution in [1.29, 1.82) is 0 Å². The van der Waals surface area contributed by atoms with E-state index in [-0.39, 0.29) is 5.54 Å². The van der Waals surface area contributed by atoms with Crippen molar-refractivity contribution in [2.45, 2.75) is 65.3 Å². The summed E-state index contributed by atoms with van der Waals surface area (Å²) in [5.74, 6) is 0.621. The summed E-state index contributed by atoms with van der Waals surface area (Å²) in [6.07, 6.45) is 6.11. The number of aromatic nitrogens is 1. The van der Waals surface area contributed by atoms with Gasteiger partial charge in [-0.3, -0.25) is 0 Å². The van der Waals surface area contributed by atoms with E-state index in [1.807, 2.05) is 11.3 Å². The molecule has 0 saturated carbocycles. The molecular weight excluding hydrogens is 240 g/mol. The van der Waals surface area contributed by atoms with Crippen LogP contribution in [0, 0.1) is 5.92 Å². The second-order valence-electron chi connectivity index (χ2n) is 5.68. The van der Waals surface area contributed by atoms with E-state index in [9.17, 15) is 0 Å². The Morgan fingerprint density at radius 3 is 2.78 bits per heavy atom. The predicted molar refractivity (Wildman–Crippen MR) is 79.2 cm³/mol. The molecule has 1 aromatic heterocycles. The minimum Gasteiger partial charge on any atom is -0.305 e. The van der Waals surface area contributed by atoms with Gasteiger partial charge in [-0.15, -0.1) is 11.3 Å². The molecule has 2 nitrogen and oxygen atoms in total. The van der Waals surface area contributed by atoms with Gasteiger partial charge in [0.25, 0.3) is 0 Å². The molecule has 0 amide bonds. The number of nitrogens with zero attached hydrogens (tertiary/aromatic N) is 1. The van der Waals surface area contributed by atoms with Crippen molar-refractivity contribution in [2.75, 3.05) is 6.54 Å². The van der Waals surface area contributed by atoms with E-state index in [4.69, 9.17) is 4.98 Å². The van der Waals surface area contributed by atoms with E-state index < -0.39 is 0 Å². The molecule has 1 aliphatic rings. The fourth-order valence-electron chi connectivity index (χ4n) is 2.67. The van der Waals surface area contributed by atoms with Gasteiger partial charge in [0.15, 0.2) is 0 Å². The summed E-state index contributed by atoms with van der Waals surface area (Å²) in [6.45, 7) is 10.3. The molecule has 1 N–H and O–H groups in total. The highest BCUT2D eigenvalue weighted by Crippen LogP contribution is 2.38. The van der Waals surface area contributed by atoms with Crippen LogP contribution in [0.2, 0.25) is 0 Å². The molecule has 0 saturated heterocycles. The molecular formula is C15H26N2S. The quantitative estimate of drug-likeness (QED) is 0.845. The lowest BCUT2D eigenvalue weighted by molar-refractivity contribution is 0.241. The monoisotopic (exact) mass is 266 g/mol. The van der Waals surface area contributed by atoms with Crippen LogP contribution in [0.1, 0.15) is 62.5 Å². The van der Waals surface area contributed by atoms with Crippen LogP contribution in [0.25, 0.3) is 0 Å². The molecule has 2 unspecified atom stereocenters. The summed E-state index contributed by atoms with van der Waals surface area (Å²) in [4.78, 5) is 6.48. The zero-order valence-electron chi connectivity index (χ0n) is 12.2. The number of fused-ring (bicyclic) bond motifs is 1. The third kappa shape index (κ3) is 2.48. The van der Waals surface area contributed by atoms with Crippen LogP contribution >= 0.6 is 11.3 Å². The molecule has 2 rings (SSSR count). The zero-order chi connectivity index (χ0) is 13.2. The van der Waals surface area contributed by atoms with Crippen molar-refractivity contribution in [3.05, 3.63) is 15.6 Å². The first kappa shape index (κ1) is 14.0. The third-order valence-electron chi connectivity index (χ3n) is 4.38. The summed E-state index contributed by atoms with van der Waals surface area (Å²) in [7, 11) is 0. The topological polar surface area (TPSA) is 24.9 Å². The Labute approximate surface area is 115 Å². The van der Waals surface area contributed by atoms with E-state index in [1.54, 1.807) is 0 Å². The predicted octanol–water partition coefficient (Wildman–Crippen LogP) is 3.89. The van der Waals surface area contributed by atoms with E-state index in [0.29, 0.717) is 5.92 Å². The third-order valence-corrected chi connectivity index (χ3v) is 5.77. The molecule has 0 aliphatic heterocycles. The fourth-order valence-corrected chi connectivity index (χ4v) is 4.05. The van der Waals surface area contributed by atoms with E-state index in [0.717, 1.165) is 6.54 Å². The lowest BCUT2D eigenvalue weighted by atomic mass is 9.85. The van der Waals surface area contributed by atoms with E-state index in [1.165, 1.54) is 47.7 Å². The maximum absolute atomic E-state index is 4.94. The van der Waals surface area contributed by atoms with Gasteiger partial charge in [-0.1, -0.05) is 27.2 Å². The second-order valence-corrected chi connectivity index (χ2v) is 6.76. The van der Waals surface area contributed by atoms with Gasteiger partial charge in [-0.25, -0.2) is 4.98 Å². The van der Waals surface area contributed by atoms with Crippen LogP contribution in [0.5, 0.6) is 0 Å². The molecule has 18 heavy (non-hydrogen) atoms. The maximum atomic E-state index is 4.94. The lowest BCUT2D eigenvalue weighted by Gasteiger charge is -2.34. The number of nitrogens with one attached hydrogen (secondary N) is 1. The van der Waals surface area contributed by atoms with Gasteiger partial charge < -0.3 is 5.32 Å². The number of hydrogen-bond acceptors (Lipinski definition) is 3. The van der Waals surface area contributed by atoms with Gasteiger partial charge in [-0.2, -0.15) is 0 Å². The summed E-state index contributed by atoms with van der Waals surface area (Å²) in [5.41, 5.74) is 1.43. The average Bonchev–Trinajstić information content (AvgIpc) is 2.95. The van der Waals surface area contributed by atoms with Crippen LogP contribution in [0.4, 0.5) is 0 Å². The smallest absolute Gasteiger partial charge is 0.113 e. The number of aryl methyl sites for hydroxylation is 2. The van der Waals surface area contributed by atoms with Crippen LogP contribution in [-0.2, 0) is 18.4 Å². The first-order chi connectivity index (χ1) is 8.61. The summed E-state index contributed by atoms with van der Waals surface area (Å²) in [5, 5.41) is 5.06. The standard InChI is InChI=1S/C15H26N2S/c1-5-10-16-15(4,11(3)6-2)14-17-12-8-7-9-13(12)18-14/h11,16H,5-10H2,1-4H3. The highest BCUT2D eigenvalue weighted by molar-refractivity contribution is 7.12. The van der Waals surface area contributed by atoms with Gasteiger partial charge in [0.05, 0.1) is 11.2 Å². The average molecular weight is 266 g/mol. The SMILES string of the molecule is CCCNC(C)(c1nc2c(s1)CCC2)C(C)CC. The van der Waals surface area contributed by atoms with Gasteiger partial charge in [0, 0.05) is 4.88 Å². The maximum Gasteiger partial charge on any atom is 0.113 e. The van der Waals surface area contributed by atoms with Crippen molar-refractivity contribution in [2.24, 2.45) is 5.92 Å². The Morgan fingerprint density at radius 2 is 2.17 bits per heavy atom. The molecule has 0 radical (unpaired) electrons. The van der Waals surface area contributed by atoms with Crippen molar-refractivity contribution >= 4 is 11.3 Å². The highest BCUT2D eigenvalue weighted by Gasteiger charge is 2.35. The van der Waals surface area contributed by atoms with Gasteiger partial charge in [-0.05, 0) is 45.1 Å². The minimum absolute atomic E-state index is 0.0553. The van der Waals surface area contributed by atoms with Crippen LogP contribution in [0.15, 0.2) is 0 Å². The van der Waals surface area contributed by atoms with E-state index in [2.05, 4.69) is 33.0 Å². The minimum atomic E-state index is 0.0553. The number of thiazole rings is 1. The van der Waals surface area contributed by atoms with Crippen molar-refractivity contribution in [3.8, 4) is 0 Å². The van der Waals surface area contributed by atoms with Crippen molar-refractivity contribution in [3.63, 3.8) is 0 Å². The second kappa shape index (κ2) is 5.70. The Kier molecular flexibility index (Phi) is 4.44. The van der Waals surface area contributed by atoms with Crippen LogP contribution < -0.4 is 5.32 Å². The van der Waals surface area contributed by atoms with Gasteiger partial charge in [0.1, 0.15) is 5.01 Å². The zero-order valence-corrected chi connectivity index (χ0v) is 13.0. The summed E-state index contributed by atoms with van der Waals surface area (Å²) in [6, 6.07) is 0. The lowest BCUT2D eigenvalue weighted by Crippen LogP contribution is -2.45. The Balaban J connectivity index is 2.26. The van der Waals surface area contributed by atoms with Crippen LogP contribution in [0.3, 0.4) is 0 Å². The van der Waals surface area contributed by atoms with Crippen molar-refractivity contribution in [1.82, 2.24) is 10.3 Å². The first-order valence-corrected chi connectivity index (χ1v) is 8.17. The molecule has 2 atom stereocenters. The summed E-state index contributed by atoms with van der Waals surface area (Å²) >= 11 is 1.95. The molecule has 1 heterocycles. The fraction of sp³-hybridized carbons (Fsp3) is 0.800. The molecule has 0 fully saturated rings. The normalized spacial score (nSPS) is 19.6. The largest absolute Gasteiger partial charge is 0.305 e. The van der Waals surface area contributed by atoms with Crippen molar-refractivity contribution < 1.29 is 0 Å².